The molecule has 0 saturated heterocycles. The fourth-order valence-electron chi connectivity index (χ4n) is 3.89. The fraction of sp³-hybridized carbons (Fsp3) is 0.0741. The molecule has 0 aliphatic carbocycles. The zero-order valence-electron chi connectivity index (χ0n) is 19.6. The van der Waals surface area contributed by atoms with Crippen LogP contribution in [0.3, 0.4) is 0 Å². The molecule has 1 amide bonds. The molecule has 36 heavy (non-hydrogen) atoms. The Morgan fingerprint density at radius 2 is 1.72 bits per heavy atom. The molecule has 2 aromatic heterocycles. The Hall–Kier alpha value is -5.05. The number of hydrogen-bond acceptors (Lipinski definition) is 5. The van der Waals surface area contributed by atoms with Gasteiger partial charge in [-0.25, -0.2) is 9.48 Å². The summed E-state index contributed by atoms with van der Waals surface area (Å²) in [6.45, 7) is 0. The Labute approximate surface area is 206 Å². The van der Waals surface area contributed by atoms with Crippen LogP contribution in [0.1, 0.15) is 5.56 Å². The number of amides is 1. The normalized spacial score (nSPS) is 11.2. The molecule has 3 N–H and O–H groups in total. The standard InChI is InChI=1S/C27H23N5O4/c1-35-23-12-8-17(14-24(23)36-2)26-18(16-32(31-26)20-6-4-3-5-7-20)9-13-25(33)28-19-10-11-21-22(15-19)30-27(34)29-21/h3-16H,1-2H3,(H,28,33)(H2,29,30,34)/b13-9+. The SMILES string of the molecule is COc1ccc(-c2nn(-c3ccccc3)cc2/C=C/C(=O)Nc2ccc3[nH]c(=O)[nH]c3c2)cc1OC. The second kappa shape index (κ2) is 9.67. The number of aromatic nitrogens is 4. The summed E-state index contributed by atoms with van der Waals surface area (Å²) in [5, 5.41) is 7.60. The van der Waals surface area contributed by atoms with Crippen LogP contribution < -0.4 is 20.5 Å². The Morgan fingerprint density at radius 3 is 2.50 bits per heavy atom. The Bertz CT molecular complexity index is 1630. The summed E-state index contributed by atoms with van der Waals surface area (Å²) < 4.78 is 12.6. The number of para-hydroxylation sites is 1. The van der Waals surface area contributed by atoms with Gasteiger partial charge in [0.2, 0.25) is 5.91 Å². The lowest BCUT2D eigenvalue weighted by Gasteiger charge is -2.09. The molecule has 0 unspecified atom stereocenters. The number of aromatic amines is 2. The van der Waals surface area contributed by atoms with Crippen molar-refractivity contribution in [1.82, 2.24) is 19.7 Å². The van der Waals surface area contributed by atoms with E-state index in [0.717, 1.165) is 16.8 Å². The van der Waals surface area contributed by atoms with Crippen LogP contribution in [-0.2, 0) is 4.79 Å². The smallest absolute Gasteiger partial charge is 0.323 e. The van der Waals surface area contributed by atoms with Gasteiger partial charge in [-0.3, -0.25) is 4.79 Å². The summed E-state index contributed by atoms with van der Waals surface area (Å²) in [6.07, 6.45) is 5.02. The van der Waals surface area contributed by atoms with Crippen LogP contribution >= 0.6 is 0 Å². The van der Waals surface area contributed by atoms with Crippen LogP contribution in [0.15, 0.2) is 83.8 Å². The third-order valence-corrected chi connectivity index (χ3v) is 5.62. The summed E-state index contributed by atoms with van der Waals surface area (Å²) in [7, 11) is 3.16. The van der Waals surface area contributed by atoms with Gasteiger partial charge in [-0.15, -0.1) is 0 Å². The van der Waals surface area contributed by atoms with E-state index in [4.69, 9.17) is 14.6 Å². The Morgan fingerprint density at radius 1 is 0.944 bits per heavy atom. The molecule has 0 aliphatic rings. The average molecular weight is 482 g/mol. The summed E-state index contributed by atoms with van der Waals surface area (Å²) in [5.41, 5.74) is 4.66. The number of imidazole rings is 1. The van der Waals surface area contributed by atoms with Crippen molar-refractivity contribution in [1.29, 1.82) is 0 Å². The molecule has 0 saturated carbocycles. The third kappa shape index (κ3) is 4.62. The number of benzene rings is 3. The number of carbonyl (C=O) groups is 1. The number of nitrogens with one attached hydrogen (secondary N) is 3. The highest BCUT2D eigenvalue weighted by Crippen LogP contribution is 2.33. The van der Waals surface area contributed by atoms with E-state index >= 15 is 0 Å². The lowest BCUT2D eigenvalue weighted by molar-refractivity contribution is -0.111. The molecule has 5 aromatic rings. The van der Waals surface area contributed by atoms with Crippen molar-refractivity contribution >= 4 is 28.7 Å². The highest BCUT2D eigenvalue weighted by molar-refractivity contribution is 6.03. The van der Waals surface area contributed by atoms with E-state index < -0.39 is 0 Å². The van der Waals surface area contributed by atoms with E-state index in [1.54, 1.807) is 43.2 Å². The molecule has 0 radical (unpaired) electrons. The maximum Gasteiger partial charge on any atom is 0.323 e. The van der Waals surface area contributed by atoms with Crippen LogP contribution in [-0.4, -0.2) is 39.9 Å². The molecule has 0 spiro atoms. The monoisotopic (exact) mass is 481 g/mol. The number of nitrogens with zero attached hydrogens (tertiary/aromatic N) is 2. The first-order valence-corrected chi connectivity index (χ1v) is 11.1. The summed E-state index contributed by atoms with van der Waals surface area (Å²) >= 11 is 0. The van der Waals surface area contributed by atoms with E-state index in [9.17, 15) is 9.59 Å². The molecule has 0 aliphatic heterocycles. The first-order valence-electron chi connectivity index (χ1n) is 11.1. The molecular weight excluding hydrogens is 458 g/mol. The van der Waals surface area contributed by atoms with E-state index in [1.165, 1.54) is 6.08 Å². The van der Waals surface area contributed by atoms with Crippen molar-refractivity contribution in [3.05, 3.63) is 95.1 Å². The second-order valence-corrected chi connectivity index (χ2v) is 7.95. The van der Waals surface area contributed by atoms with Crippen molar-refractivity contribution in [3.63, 3.8) is 0 Å². The first kappa shape index (κ1) is 22.7. The van der Waals surface area contributed by atoms with Gasteiger partial charge in [-0.05, 0) is 54.6 Å². The third-order valence-electron chi connectivity index (χ3n) is 5.62. The van der Waals surface area contributed by atoms with Crippen LogP contribution in [0.25, 0.3) is 34.1 Å². The minimum atomic E-state index is -0.321. The Kier molecular flexibility index (Phi) is 6.10. The number of ether oxygens (including phenoxy) is 2. The molecular formula is C27H23N5O4. The summed E-state index contributed by atoms with van der Waals surface area (Å²) in [6, 6.07) is 20.4. The van der Waals surface area contributed by atoms with Crippen molar-refractivity contribution in [2.24, 2.45) is 0 Å². The van der Waals surface area contributed by atoms with E-state index in [0.29, 0.717) is 33.9 Å². The minimum absolute atomic E-state index is 0.300. The van der Waals surface area contributed by atoms with Crippen molar-refractivity contribution in [2.75, 3.05) is 19.5 Å². The van der Waals surface area contributed by atoms with Gasteiger partial charge >= 0.3 is 5.69 Å². The zero-order chi connectivity index (χ0) is 25.1. The number of H-pyrrole nitrogens is 2. The van der Waals surface area contributed by atoms with Gasteiger partial charge in [-0.2, -0.15) is 5.10 Å². The van der Waals surface area contributed by atoms with Gasteiger partial charge in [0.1, 0.15) is 5.69 Å². The summed E-state index contributed by atoms with van der Waals surface area (Å²) in [5.74, 6) is 0.869. The zero-order valence-corrected chi connectivity index (χ0v) is 19.6. The van der Waals surface area contributed by atoms with Crippen LogP contribution in [0.2, 0.25) is 0 Å². The molecule has 0 fully saturated rings. The lowest BCUT2D eigenvalue weighted by atomic mass is 10.1. The lowest BCUT2D eigenvalue weighted by Crippen LogP contribution is -2.07. The first-order chi connectivity index (χ1) is 17.5. The van der Waals surface area contributed by atoms with Gasteiger partial charge < -0.3 is 24.8 Å². The topological polar surface area (TPSA) is 114 Å². The summed E-state index contributed by atoms with van der Waals surface area (Å²) in [4.78, 5) is 29.5. The van der Waals surface area contributed by atoms with Crippen molar-refractivity contribution in [2.45, 2.75) is 0 Å². The van der Waals surface area contributed by atoms with E-state index in [1.807, 2.05) is 54.7 Å². The molecule has 180 valence electrons. The van der Waals surface area contributed by atoms with Crippen molar-refractivity contribution < 1.29 is 14.3 Å². The van der Waals surface area contributed by atoms with Crippen LogP contribution in [0, 0.1) is 0 Å². The molecule has 2 heterocycles. The fourth-order valence-corrected chi connectivity index (χ4v) is 3.89. The maximum atomic E-state index is 12.7. The predicted molar refractivity (Wildman–Crippen MR) is 139 cm³/mol. The number of hydrogen-bond donors (Lipinski definition) is 3. The van der Waals surface area contributed by atoms with Crippen LogP contribution in [0.5, 0.6) is 11.5 Å². The number of carbonyl (C=O) groups excluding carboxylic acids is 1. The number of anilines is 1. The quantitative estimate of drug-likeness (QED) is 0.299. The number of fused-ring (bicyclic) bond motifs is 1. The molecule has 9 nitrogen and oxygen atoms in total. The second-order valence-electron chi connectivity index (χ2n) is 7.95. The Balaban J connectivity index is 1.47. The molecule has 9 heteroatoms. The van der Waals surface area contributed by atoms with Gasteiger partial charge in [0, 0.05) is 29.1 Å². The highest BCUT2D eigenvalue weighted by Gasteiger charge is 2.14. The number of rotatable bonds is 7. The van der Waals surface area contributed by atoms with Gasteiger partial charge in [0.05, 0.1) is 30.9 Å². The molecule has 0 bridgehead atoms. The highest BCUT2D eigenvalue weighted by atomic mass is 16.5. The van der Waals surface area contributed by atoms with Gasteiger partial charge in [-0.1, -0.05) is 18.2 Å². The molecule has 5 rings (SSSR count). The average Bonchev–Trinajstić information content (AvgIpc) is 3.50. The molecule has 3 aromatic carbocycles. The van der Waals surface area contributed by atoms with E-state index in [2.05, 4.69) is 15.3 Å². The maximum absolute atomic E-state index is 12.7. The van der Waals surface area contributed by atoms with E-state index in [-0.39, 0.29) is 11.6 Å². The number of methoxy groups -OCH3 is 2. The van der Waals surface area contributed by atoms with Gasteiger partial charge in [0.15, 0.2) is 11.5 Å². The predicted octanol–water partition coefficient (Wildman–Crippen LogP) is 4.38. The van der Waals surface area contributed by atoms with Crippen LogP contribution in [0.4, 0.5) is 5.69 Å². The largest absolute Gasteiger partial charge is 0.493 e. The minimum Gasteiger partial charge on any atom is -0.493 e. The van der Waals surface area contributed by atoms with Crippen molar-refractivity contribution in [3.8, 4) is 28.4 Å². The van der Waals surface area contributed by atoms with Gasteiger partial charge in [0.25, 0.3) is 0 Å². The molecule has 0 atom stereocenters.